The highest BCUT2D eigenvalue weighted by molar-refractivity contribution is 7.17. The lowest BCUT2D eigenvalue weighted by Gasteiger charge is -2.13. The molecule has 0 spiro atoms. The molecule has 0 saturated carbocycles. The maximum absolute atomic E-state index is 3.80. The van der Waals surface area contributed by atoms with Crippen LogP contribution in [0.4, 0.5) is 0 Å². The van der Waals surface area contributed by atoms with Crippen molar-refractivity contribution >= 4 is 21.4 Å². The van der Waals surface area contributed by atoms with Crippen LogP contribution in [0.1, 0.15) is 18.0 Å². The maximum atomic E-state index is 3.80. The Hall–Kier alpha value is -1.12. The minimum absolute atomic E-state index is 0.388. The average Bonchev–Trinajstić information content (AvgIpc) is 2.70. The fraction of sp³-hybridized carbons (Fsp3) is 0.231. The van der Waals surface area contributed by atoms with Crippen LogP contribution in [-0.2, 0) is 0 Å². The summed E-state index contributed by atoms with van der Waals surface area (Å²) in [7, 11) is 2.00. The van der Waals surface area contributed by atoms with Gasteiger partial charge in [0, 0.05) is 10.7 Å². The van der Waals surface area contributed by atoms with Gasteiger partial charge in [-0.05, 0) is 35.9 Å². The quantitative estimate of drug-likeness (QED) is 0.769. The van der Waals surface area contributed by atoms with Gasteiger partial charge in [-0.2, -0.15) is 0 Å². The van der Waals surface area contributed by atoms with Crippen molar-refractivity contribution in [3.63, 3.8) is 0 Å². The Bertz CT molecular complexity index is 458. The Labute approximate surface area is 94.4 Å². The first kappa shape index (κ1) is 10.4. The van der Waals surface area contributed by atoms with Gasteiger partial charge in [0.15, 0.2) is 0 Å². The number of thiophene rings is 1. The molecule has 2 aromatic rings. The van der Waals surface area contributed by atoms with Gasteiger partial charge < -0.3 is 5.32 Å². The topological polar surface area (TPSA) is 12.0 Å². The summed E-state index contributed by atoms with van der Waals surface area (Å²) in [5, 5.41) is 6.94. The summed E-state index contributed by atoms with van der Waals surface area (Å²) in [6, 6.07) is 8.93. The van der Waals surface area contributed by atoms with Gasteiger partial charge in [0.1, 0.15) is 0 Å². The van der Waals surface area contributed by atoms with E-state index < -0.39 is 0 Å². The maximum Gasteiger partial charge on any atom is 0.0366 e. The molecule has 78 valence electrons. The fourth-order valence-electron chi connectivity index (χ4n) is 1.84. The second kappa shape index (κ2) is 4.60. The SMILES string of the molecule is C=CCC(NC)c1csc2ccccc12. The van der Waals surface area contributed by atoms with Crippen LogP contribution in [0.3, 0.4) is 0 Å². The molecule has 1 aromatic carbocycles. The normalized spacial score (nSPS) is 12.9. The van der Waals surface area contributed by atoms with Gasteiger partial charge in [-0.15, -0.1) is 17.9 Å². The molecule has 2 rings (SSSR count). The molecule has 0 aliphatic heterocycles. The summed E-state index contributed by atoms with van der Waals surface area (Å²) in [5.41, 5.74) is 1.39. The molecule has 1 unspecified atom stereocenters. The molecule has 0 aliphatic carbocycles. The number of rotatable bonds is 4. The highest BCUT2D eigenvalue weighted by Crippen LogP contribution is 2.31. The van der Waals surface area contributed by atoms with E-state index in [0.717, 1.165) is 6.42 Å². The highest BCUT2D eigenvalue weighted by atomic mass is 32.1. The smallest absolute Gasteiger partial charge is 0.0366 e. The van der Waals surface area contributed by atoms with Crippen molar-refractivity contribution in [2.45, 2.75) is 12.5 Å². The number of hydrogen-bond donors (Lipinski definition) is 1. The van der Waals surface area contributed by atoms with Crippen LogP contribution in [0, 0.1) is 0 Å². The van der Waals surface area contributed by atoms with E-state index in [4.69, 9.17) is 0 Å². The lowest BCUT2D eigenvalue weighted by molar-refractivity contribution is 0.609. The van der Waals surface area contributed by atoms with Crippen LogP contribution in [0.25, 0.3) is 10.1 Å². The lowest BCUT2D eigenvalue weighted by Crippen LogP contribution is -2.14. The zero-order valence-electron chi connectivity index (χ0n) is 8.86. The molecule has 0 saturated heterocycles. The van der Waals surface area contributed by atoms with Gasteiger partial charge in [-0.25, -0.2) is 0 Å². The molecule has 15 heavy (non-hydrogen) atoms. The van der Waals surface area contributed by atoms with Gasteiger partial charge in [0.25, 0.3) is 0 Å². The third-order valence-corrected chi connectivity index (χ3v) is 3.62. The standard InChI is InChI=1S/C13H15NS/c1-3-6-12(14-2)11-9-15-13-8-5-4-7-10(11)13/h3-5,7-9,12,14H,1,6H2,2H3. The van der Waals surface area contributed by atoms with Crippen LogP contribution < -0.4 is 5.32 Å². The summed E-state index contributed by atoms with van der Waals surface area (Å²) in [5.74, 6) is 0. The van der Waals surface area contributed by atoms with Crippen molar-refractivity contribution in [2.75, 3.05) is 7.05 Å². The first-order valence-corrected chi connectivity index (χ1v) is 5.99. The predicted molar refractivity (Wildman–Crippen MR) is 68.4 cm³/mol. The van der Waals surface area contributed by atoms with Crippen LogP contribution in [0.5, 0.6) is 0 Å². The summed E-state index contributed by atoms with van der Waals surface area (Å²) in [6.07, 6.45) is 2.94. The number of benzene rings is 1. The monoisotopic (exact) mass is 217 g/mol. The second-order valence-corrected chi connectivity index (χ2v) is 4.46. The van der Waals surface area contributed by atoms with E-state index in [1.54, 1.807) is 0 Å². The first-order valence-electron chi connectivity index (χ1n) is 5.11. The third kappa shape index (κ3) is 1.96. The van der Waals surface area contributed by atoms with Crippen LogP contribution >= 0.6 is 11.3 Å². The van der Waals surface area contributed by atoms with E-state index in [-0.39, 0.29) is 0 Å². The Kier molecular flexibility index (Phi) is 3.19. The third-order valence-electron chi connectivity index (χ3n) is 2.64. The van der Waals surface area contributed by atoms with Crippen molar-refractivity contribution in [1.29, 1.82) is 0 Å². The van der Waals surface area contributed by atoms with E-state index in [2.05, 4.69) is 41.5 Å². The number of hydrogen-bond acceptors (Lipinski definition) is 2. The Morgan fingerprint density at radius 2 is 2.27 bits per heavy atom. The number of nitrogens with one attached hydrogen (secondary N) is 1. The molecule has 0 bridgehead atoms. The van der Waals surface area contributed by atoms with Gasteiger partial charge >= 0.3 is 0 Å². The van der Waals surface area contributed by atoms with Gasteiger partial charge in [0.2, 0.25) is 0 Å². The molecule has 1 aromatic heterocycles. The Balaban J connectivity index is 2.45. The van der Waals surface area contributed by atoms with Crippen LogP contribution in [0.2, 0.25) is 0 Å². The molecule has 1 heterocycles. The summed E-state index contributed by atoms with van der Waals surface area (Å²) >= 11 is 1.81. The zero-order valence-corrected chi connectivity index (χ0v) is 9.68. The Morgan fingerprint density at radius 1 is 1.47 bits per heavy atom. The minimum atomic E-state index is 0.388. The summed E-state index contributed by atoms with van der Waals surface area (Å²) in [4.78, 5) is 0. The van der Waals surface area contributed by atoms with Crippen molar-refractivity contribution in [3.8, 4) is 0 Å². The number of fused-ring (bicyclic) bond motifs is 1. The van der Waals surface area contributed by atoms with Crippen LogP contribution in [0.15, 0.2) is 42.3 Å². The molecule has 0 amide bonds. The van der Waals surface area contributed by atoms with E-state index >= 15 is 0 Å². The molecular formula is C13H15NS. The van der Waals surface area contributed by atoms with Crippen molar-refractivity contribution in [3.05, 3.63) is 47.9 Å². The molecular weight excluding hydrogens is 202 g/mol. The molecule has 0 aliphatic rings. The fourth-order valence-corrected chi connectivity index (χ4v) is 2.85. The molecule has 1 nitrogen and oxygen atoms in total. The van der Waals surface area contributed by atoms with Gasteiger partial charge in [-0.1, -0.05) is 24.3 Å². The molecule has 0 fully saturated rings. The predicted octanol–water partition coefficient (Wildman–Crippen LogP) is 3.74. The van der Waals surface area contributed by atoms with Crippen LogP contribution in [-0.4, -0.2) is 7.05 Å². The van der Waals surface area contributed by atoms with Gasteiger partial charge in [0.05, 0.1) is 0 Å². The van der Waals surface area contributed by atoms with Crippen molar-refractivity contribution in [2.24, 2.45) is 0 Å². The Morgan fingerprint density at radius 3 is 3.00 bits per heavy atom. The minimum Gasteiger partial charge on any atom is -0.313 e. The van der Waals surface area contributed by atoms with Crippen molar-refractivity contribution in [1.82, 2.24) is 5.32 Å². The second-order valence-electron chi connectivity index (χ2n) is 3.55. The average molecular weight is 217 g/mol. The molecule has 1 atom stereocenters. The zero-order chi connectivity index (χ0) is 10.7. The van der Waals surface area contributed by atoms with Crippen molar-refractivity contribution < 1.29 is 0 Å². The van der Waals surface area contributed by atoms with E-state index in [0.29, 0.717) is 6.04 Å². The van der Waals surface area contributed by atoms with E-state index in [1.165, 1.54) is 15.6 Å². The lowest BCUT2D eigenvalue weighted by atomic mass is 10.0. The first-order chi connectivity index (χ1) is 7.36. The summed E-state index contributed by atoms with van der Waals surface area (Å²) < 4.78 is 1.36. The molecule has 0 radical (unpaired) electrons. The highest BCUT2D eigenvalue weighted by Gasteiger charge is 2.11. The van der Waals surface area contributed by atoms with E-state index in [9.17, 15) is 0 Å². The molecule has 1 N–H and O–H groups in total. The van der Waals surface area contributed by atoms with E-state index in [1.807, 2.05) is 24.5 Å². The van der Waals surface area contributed by atoms with Gasteiger partial charge in [-0.3, -0.25) is 0 Å². The largest absolute Gasteiger partial charge is 0.313 e. The summed E-state index contributed by atoms with van der Waals surface area (Å²) in [6.45, 7) is 3.80. The molecule has 2 heteroatoms.